The first-order valence-electron chi connectivity index (χ1n) is 4.93. The molecular formula is C13H6Br2FNO. The van der Waals surface area contributed by atoms with E-state index in [2.05, 4.69) is 31.9 Å². The Hall–Kier alpha value is -1.38. The van der Waals surface area contributed by atoms with Crippen LogP contribution in [0.15, 0.2) is 45.3 Å². The van der Waals surface area contributed by atoms with E-state index < -0.39 is 5.82 Å². The predicted octanol–water partition coefficient (Wildman–Crippen LogP) is 5.01. The SMILES string of the molecule is N#Cc1c(Br)cccc1Oc1ccc(Br)cc1F. The van der Waals surface area contributed by atoms with E-state index in [1.54, 1.807) is 24.3 Å². The number of nitriles is 1. The van der Waals surface area contributed by atoms with Crippen LogP contribution in [0.3, 0.4) is 0 Å². The van der Waals surface area contributed by atoms with Crippen molar-refractivity contribution < 1.29 is 9.13 Å². The van der Waals surface area contributed by atoms with Crippen LogP contribution >= 0.6 is 31.9 Å². The second-order valence-corrected chi connectivity index (χ2v) is 5.17. The summed E-state index contributed by atoms with van der Waals surface area (Å²) in [6.45, 7) is 0. The minimum absolute atomic E-state index is 0.0767. The molecule has 0 N–H and O–H groups in total. The monoisotopic (exact) mass is 369 g/mol. The zero-order valence-electron chi connectivity index (χ0n) is 8.95. The van der Waals surface area contributed by atoms with E-state index in [-0.39, 0.29) is 5.75 Å². The van der Waals surface area contributed by atoms with E-state index in [4.69, 9.17) is 10.00 Å². The van der Waals surface area contributed by atoms with Crippen LogP contribution in [0.1, 0.15) is 5.56 Å². The van der Waals surface area contributed by atoms with Gasteiger partial charge in [0.2, 0.25) is 0 Å². The summed E-state index contributed by atoms with van der Waals surface area (Å²) in [6, 6.07) is 11.5. The molecule has 0 heterocycles. The molecule has 2 nitrogen and oxygen atoms in total. The summed E-state index contributed by atoms with van der Waals surface area (Å²) in [5, 5.41) is 9.03. The van der Waals surface area contributed by atoms with Gasteiger partial charge in [0.05, 0.1) is 0 Å². The summed E-state index contributed by atoms with van der Waals surface area (Å²) < 4.78 is 20.3. The molecular weight excluding hydrogens is 365 g/mol. The highest BCUT2D eigenvalue weighted by atomic mass is 79.9. The first kappa shape index (κ1) is 13.1. The number of nitrogens with zero attached hydrogens (tertiary/aromatic N) is 1. The van der Waals surface area contributed by atoms with Crippen molar-refractivity contribution in [3.8, 4) is 17.6 Å². The largest absolute Gasteiger partial charge is 0.453 e. The highest BCUT2D eigenvalue weighted by Crippen LogP contribution is 2.32. The van der Waals surface area contributed by atoms with Gasteiger partial charge < -0.3 is 4.74 Å². The zero-order chi connectivity index (χ0) is 13.1. The van der Waals surface area contributed by atoms with Crippen molar-refractivity contribution in [2.24, 2.45) is 0 Å². The van der Waals surface area contributed by atoms with Gasteiger partial charge in [-0.15, -0.1) is 0 Å². The first-order valence-corrected chi connectivity index (χ1v) is 6.52. The summed E-state index contributed by atoms with van der Waals surface area (Å²) in [5.74, 6) is -0.103. The van der Waals surface area contributed by atoms with Gasteiger partial charge >= 0.3 is 0 Å². The van der Waals surface area contributed by atoms with Crippen molar-refractivity contribution in [3.05, 3.63) is 56.7 Å². The smallest absolute Gasteiger partial charge is 0.166 e. The molecule has 0 unspecified atom stereocenters. The number of hydrogen-bond acceptors (Lipinski definition) is 2. The fourth-order valence-electron chi connectivity index (χ4n) is 1.37. The standard InChI is InChI=1S/C13H6Br2FNO/c14-8-4-5-13(11(16)6-8)18-12-3-1-2-10(15)9(12)7-17/h1-6H. The Kier molecular flexibility index (Phi) is 4.00. The maximum Gasteiger partial charge on any atom is 0.166 e. The van der Waals surface area contributed by atoms with Gasteiger partial charge in [-0.3, -0.25) is 0 Å². The number of halogens is 3. The van der Waals surface area contributed by atoms with Crippen LogP contribution in [-0.4, -0.2) is 0 Å². The maximum atomic E-state index is 13.6. The Morgan fingerprint density at radius 1 is 1.11 bits per heavy atom. The molecule has 0 saturated heterocycles. The van der Waals surface area contributed by atoms with Crippen LogP contribution in [0.25, 0.3) is 0 Å². The lowest BCUT2D eigenvalue weighted by atomic mass is 10.2. The maximum absolute atomic E-state index is 13.6. The Balaban J connectivity index is 2.41. The molecule has 0 amide bonds. The molecule has 0 fully saturated rings. The van der Waals surface area contributed by atoms with E-state index in [0.717, 1.165) is 0 Å². The van der Waals surface area contributed by atoms with Gasteiger partial charge in [0, 0.05) is 8.95 Å². The van der Waals surface area contributed by atoms with Crippen molar-refractivity contribution in [1.29, 1.82) is 5.26 Å². The third-order valence-corrected chi connectivity index (χ3v) is 3.36. The minimum Gasteiger partial charge on any atom is -0.453 e. The van der Waals surface area contributed by atoms with E-state index in [1.165, 1.54) is 12.1 Å². The highest BCUT2D eigenvalue weighted by Gasteiger charge is 2.11. The lowest BCUT2D eigenvalue weighted by Gasteiger charge is -2.09. The molecule has 0 bridgehead atoms. The van der Waals surface area contributed by atoms with Crippen molar-refractivity contribution in [2.45, 2.75) is 0 Å². The van der Waals surface area contributed by atoms with E-state index in [0.29, 0.717) is 20.3 Å². The van der Waals surface area contributed by atoms with Crippen molar-refractivity contribution in [1.82, 2.24) is 0 Å². The average molecular weight is 371 g/mol. The lowest BCUT2D eigenvalue weighted by molar-refractivity contribution is 0.440. The zero-order valence-corrected chi connectivity index (χ0v) is 12.1. The summed E-state index contributed by atoms with van der Waals surface area (Å²) in [4.78, 5) is 0. The van der Waals surface area contributed by atoms with E-state index >= 15 is 0 Å². The number of hydrogen-bond donors (Lipinski definition) is 0. The number of rotatable bonds is 2. The molecule has 2 aromatic rings. The Morgan fingerprint density at radius 3 is 2.56 bits per heavy atom. The van der Waals surface area contributed by atoms with Crippen LogP contribution in [0.5, 0.6) is 11.5 Å². The van der Waals surface area contributed by atoms with Crippen LogP contribution in [0.4, 0.5) is 4.39 Å². The molecule has 0 saturated carbocycles. The van der Waals surface area contributed by atoms with Crippen LogP contribution in [0, 0.1) is 17.1 Å². The quantitative estimate of drug-likeness (QED) is 0.743. The van der Waals surface area contributed by atoms with Gasteiger partial charge in [0.1, 0.15) is 17.4 Å². The van der Waals surface area contributed by atoms with Crippen LogP contribution < -0.4 is 4.74 Å². The van der Waals surface area contributed by atoms with E-state index in [9.17, 15) is 4.39 Å². The van der Waals surface area contributed by atoms with Gasteiger partial charge in [0.15, 0.2) is 11.6 Å². The van der Waals surface area contributed by atoms with Gasteiger partial charge in [-0.2, -0.15) is 5.26 Å². The molecule has 0 radical (unpaired) electrons. The van der Waals surface area contributed by atoms with Crippen molar-refractivity contribution in [2.75, 3.05) is 0 Å². The first-order chi connectivity index (χ1) is 8.61. The molecule has 2 rings (SSSR count). The predicted molar refractivity (Wildman–Crippen MR) is 73.0 cm³/mol. The summed E-state index contributed by atoms with van der Waals surface area (Å²) in [6.07, 6.45) is 0. The molecule has 0 aromatic heterocycles. The Labute approximate surface area is 120 Å². The third-order valence-electron chi connectivity index (χ3n) is 2.20. The summed E-state index contributed by atoms with van der Waals surface area (Å²) in [5.41, 5.74) is 0.333. The van der Waals surface area contributed by atoms with E-state index in [1.807, 2.05) is 6.07 Å². The fourth-order valence-corrected chi connectivity index (χ4v) is 2.14. The molecule has 0 aliphatic carbocycles. The highest BCUT2D eigenvalue weighted by molar-refractivity contribution is 9.10. The minimum atomic E-state index is -0.492. The Bertz CT molecular complexity index is 637. The second kappa shape index (κ2) is 5.51. The molecule has 5 heteroatoms. The molecule has 18 heavy (non-hydrogen) atoms. The Morgan fingerprint density at radius 2 is 1.89 bits per heavy atom. The van der Waals surface area contributed by atoms with Gasteiger partial charge in [0.25, 0.3) is 0 Å². The van der Waals surface area contributed by atoms with Crippen LogP contribution in [-0.2, 0) is 0 Å². The van der Waals surface area contributed by atoms with Crippen molar-refractivity contribution in [3.63, 3.8) is 0 Å². The molecule has 0 atom stereocenters. The van der Waals surface area contributed by atoms with Crippen LogP contribution in [0.2, 0.25) is 0 Å². The molecule has 0 aliphatic rings. The molecule has 0 spiro atoms. The summed E-state index contributed by atoms with van der Waals surface area (Å²) in [7, 11) is 0. The molecule has 2 aromatic carbocycles. The normalized spacial score (nSPS) is 9.89. The molecule has 0 aliphatic heterocycles. The number of benzene rings is 2. The lowest BCUT2D eigenvalue weighted by Crippen LogP contribution is -1.91. The fraction of sp³-hybridized carbons (Fsp3) is 0. The number of ether oxygens (including phenoxy) is 1. The van der Waals surface area contributed by atoms with Gasteiger partial charge in [-0.1, -0.05) is 22.0 Å². The summed E-state index contributed by atoms with van der Waals surface area (Å²) >= 11 is 6.41. The second-order valence-electron chi connectivity index (χ2n) is 3.40. The van der Waals surface area contributed by atoms with Gasteiger partial charge in [-0.25, -0.2) is 4.39 Å². The van der Waals surface area contributed by atoms with Gasteiger partial charge in [-0.05, 0) is 46.3 Å². The topological polar surface area (TPSA) is 33.0 Å². The third kappa shape index (κ3) is 2.71. The van der Waals surface area contributed by atoms with Crippen molar-refractivity contribution >= 4 is 31.9 Å². The molecule has 90 valence electrons. The average Bonchev–Trinajstić information content (AvgIpc) is 2.33.